The molecule has 1 saturated carbocycles. The number of aliphatic hydroxyl groups excluding tert-OH is 2. The van der Waals surface area contributed by atoms with Gasteiger partial charge in [-0.25, -0.2) is 0 Å². The minimum atomic E-state index is -0.133. The van der Waals surface area contributed by atoms with Gasteiger partial charge >= 0.3 is 0 Å². The van der Waals surface area contributed by atoms with Crippen LogP contribution in [-0.2, 0) is 0 Å². The zero-order valence-electron chi connectivity index (χ0n) is 8.38. The van der Waals surface area contributed by atoms with E-state index in [0.717, 1.165) is 31.3 Å². The molecule has 0 saturated heterocycles. The van der Waals surface area contributed by atoms with Gasteiger partial charge in [0, 0.05) is 6.04 Å². The molecule has 0 unspecified atom stereocenters. The summed E-state index contributed by atoms with van der Waals surface area (Å²) in [7, 11) is 0. The minimum absolute atomic E-state index is 0.133. The van der Waals surface area contributed by atoms with Crippen LogP contribution in [0.5, 0.6) is 0 Å². The van der Waals surface area contributed by atoms with Crippen LogP contribution in [0.3, 0.4) is 0 Å². The Morgan fingerprint density at radius 1 is 1.15 bits per heavy atom. The van der Waals surface area contributed by atoms with Gasteiger partial charge in [0.1, 0.15) is 0 Å². The molecule has 0 bridgehead atoms. The molecule has 0 spiro atoms. The van der Waals surface area contributed by atoms with E-state index >= 15 is 0 Å². The van der Waals surface area contributed by atoms with E-state index in [1.165, 1.54) is 0 Å². The highest BCUT2D eigenvalue weighted by molar-refractivity contribution is 5.00. The van der Waals surface area contributed by atoms with E-state index in [-0.39, 0.29) is 6.10 Å². The fourth-order valence-electron chi connectivity index (χ4n) is 1.56. The van der Waals surface area contributed by atoms with E-state index < -0.39 is 0 Å². The Hall–Kier alpha value is -0.700. The third kappa shape index (κ3) is 3.27. The van der Waals surface area contributed by atoms with Crippen molar-refractivity contribution in [2.24, 2.45) is 0 Å². The van der Waals surface area contributed by atoms with Crippen LogP contribution < -0.4 is 5.32 Å². The number of allylic oxidation sites excluding steroid dienone is 1. The lowest BCUT2D eigenvalue weighted by Crippen LogP contribution is -2.34. The first kappa shape index (κ1) is 10.4. The van der Waals surface area contributed by atoms with Gasteiger partial charge in [-0.15, -0.1) is 0 Å². The molecule has 0 aromatic heterocycles. The Kier molecular flexibility index (Phi) is 3.60. The van der Waals surface area contributed by atoms with Gasteiger partial charge in [-0.05, 0) is 45.1 Å². The van der Waals surface area contributed by atoms with Gasteiger partial charge < -0.3 is 15.5 Å². The predicted octanol–water partition coefficient (Wildman–Crippen LogP) is 1.69. The van der Waals surface area contributed by atoms with Gasteiger partial charge in [-0.1, -0.05) is 0 Å². The molecule has 1 aliphatic rings. The number of hydrogen-bond acceptors (Lipinski definition) is 3. The van der Waals surface area contributed by atoms with Crippen molar-refractivity contribution in [1.82, 2.24) is 5.32 Å². The Balaban J connectivity index is 2.35. The molecule has 0 heterocycles. The summed E-state index contributed by atoms with van der Waals surface area (Å²) in [5.41, 5.74) is 0.908. The SMILES string of the molecule is CC(C)=C(O)NC1CCC(O)CC1. The lowest BCUT2D eigenvalue weighted by atomic mass is 9.93. The van der Waals surface area contributed by atoms with E-state index in [9.17, 15) is 10.2 Å². The van der Waals surface area contributed by atoms with Gasteiger partial charge in [0.25, 0.3) is 0 Å². The molecule has 0 atom stereocenters. The third-order valence-electron chi connectivity index (χ3n) is 2.51. The van der Waals surface area contributed by atoms with E-state index in [4.69, 9.17) is 0 Å². The second kappa shape index (κ2) is 4.51. The molecule has 1 rings (SSSR count). The van der Waals surface area contributed by atoms with Crippen molar-refractivity contribution < 1.29 is 10.2 Å². The van der Waals surface area contributed by atoms with Crippen LogP contribution >= 0.6 is 0 Å². The van der Waals surface area contributed by atoms with Crippen molar-refractivity contribution >= 4 is 0 Å². The fraction of sp³-hybridized carbons (Fsp3) is 0.800. The summed E-state index contributed by atoms with van der Waals surface area (Å²) in [6, 6.07) is 0.332. The highest BCUT2D eigenvalue weighted by Crippen LogP contribution is 2.19. The van der Waals surface area contributed by atoms with Crippen LogP contribution in [0.2, 0.25) is 0 Å². The quantitative estimate of drug-likeness (QED) is 0.574. The normalized spacial score (nSPS) is 28.2. The molecule has 76 valence electrons. The smallest absolute Gasteiger partial charge is 0.182 e. The zero-order chi connectivity index (χ0) is 9.84. The number of nitrogens with one attached hydrogen (secondary N) is 1. The average Bonchev–Trinajstić information content (AvgIpc) is 2.08. The standard InChI is InChI=1S/C10H19NO2/c1-7(2)10(13)11-8-3-5-9(12)6-4-8/h8-9,11-13H,3-6H2,1-2H3. The van der Waals surface area contributed by atoms with Crippen molar-refractivity contribution in [3.8, 4) is 0 Å². The summed E-state index contributed by atoms with van der Waals surface area (Å²) in [6.07, 6.45) is 3.44. The molecule has 0 amide bonds. The molecular weight excluding hydrogens is 166 g/mol. The highest BCUT2D eigenvalue weighted by atomic mass is 16.3. The Labute approximate surface area is 79.5 Å². The molecule has 13 heavy (non-hydrogen) atoms. The lowest BCUT2D eigenvalue weighted by Gasteiger charge is -2.26. The Bertz CT molecular complexity index is 189. The summed E-state index contributed by atoms with van der Waals surface area (Å²) in [5.74, 6) is 0.293. The van der Waals surface area contributed by atoms with Crippen molar-refractivity contribution in [2.45, 2.75) is 51.7 Å². The number of aliphatic hydroxyl groups is 2. The molecule has 1 aliphatic carbocycles. The molecular formula is C10H19NO2. The molecule has 1 fully saturated rings. The van der Waals surface area contributed by atoms with Crippen molar-refractivity contribution in [2.75, 3.05) is 0 Å². The second-order valence-corrected chi connectivity index (χ2v) is 4.00. The van der Waals surface area contributed by atoms with Crippen LogP contribution in [0.1, 0.15) is 39.5 Å². The first-order valence-corrected chi connectivity index (χ1v) is 4.90. The molecule has 0 aromatic rings. The molecule has 0 aromatic carbocycles. The van der Waals surface area contributed by atoms with Gasteiger partial charge in [-0.3, -0.25) is 0 Å². The Morgan fingerprint density at radius 2 is 1.69 bits per heavy atom. The summed E-state index contributed by atoms with van der Waals surface area (Å²) in [4.78, 5) is 0. The molecule has 3 nitrogen and oxygen atoms in total. The summed E-state index contributed by atoms with van der Waals surface area (Å²) < 4.78 is 0. The summed E-state index contributed by atoms with van der Waals surface area (Å²) in [5, 5.41) is 21.8. The zero-order valence-corrected chi connectivity index (χ0v) is 8.38. The maximum Gasteiger partial charge on any atom is 0.182 e. The van der Waals surface area contributed by atoms with Crippen molar-refractivity contribution in [3.63, 3.8) is 0 Å². The second-order valence-electron chi connectivity index (χ2n) is 4.00. The number of rotatable bonds is 2. The predicted molar refractivity (Wildman–Crippen MR) is 52.4 cm³/mol. The molecule has 0 radical (unpaired) electrons. The maximum absolute atomic E-state index is 9.45. The summed E-state index contributed by atoms with van der Waals surface area (Å²) in [6.45, 7) is 3.75. The van der Waals surface area contributed by atoms with E-state index in [2.05, 4.69) is 5.32 Å². The molecule has 3 N–H and O–H groups in total. The van der Waals surface area contributed by atoms with E-state index in [1.807, 2.05) is 13.8 Å². The largest absolute Gasteiger partial charge is 0.495 e. The Morgan fingerprint density at radius 3 is 2.15 bits per heavy atom. The first-order valence-electron chi connectivity index (χ1n) is 4.90. The number of hydrogen-bond donors (Lipinski definition) is 3. The highest BCUT2D eigenvalue weighted by Gasteiger charge is 2.19. The van der Waals surface area contributed by atoms with Crippen LogP contribution in [0.15, 0.2) is 11.5 Å². The molecule has 0 aliphatic heterocycles. The fourth-order valence-corrected chi connectivity index (χ4v) is 1.56. The minimum Gasteiger partial charge on any atom is -0.495 e. The third-order valence-corrected chi connectivity index (χ3v) is 2.51. The maximum atomic E-state index is 9.45. The van der Waals surface area contributed by atoms with Crippen LogP contribution in [0.4, 0.5) is 0 Å². The van der Waals surface area contributed by atoms with Gasteiger partial charge in [0.2, 0.25) is 0 Å². The van der Waals surface area contributed by atoms with Gasteiger partial charge in [-0.2, -0.15) is 0 Å². The van der Waals surface area contributed by atoms with Gasteiger partial charge in [0.15, 0.2) is 5.88 Å². The van der Waals surface area contributed by atoms with E-state index in [0.29, 0.717) is 11.9 Å². The van der Waals surface area contributed by atoms with Crippen molar-refractivity contribution in [1.29, 1.82) is 0 Å². The van der Waals surface area contributed by atoms with Gasteiger partial charge in [0.05, 0.1) is 6.10 Å². The van der Waals surface area contributed by atoms with Crippen LogP contribution in [0, 0.1) is 0 Å². The first-order chi connectivity index (χ1) is 6.09. The van der Waals surface area contributed by atoms with Crippen LogP contribution in [-0.4, -0.2) is 22.4 Å². The lowest BCUT2D eigenvalue weighted by molar-refractivity contribution is 0.115. The monoisotopic (exact) mass is 185 g/mol. The average molecular weight is 185 g/mol. The van der Waals surface area contributed by atoms with Crippen LogP contribution in [0.25, 0.3) is 0 Å². The van der Waals surface area contributed by atoms with Crippen molar-refractivity contribution in [3.05, 3.63) is 11.5 Å². The summed E-state index contributed by atoms with van der Waals surface area (Å²) >= 11 is 0. The topological polar surface area (TPSA) is 52.5 Å². The van der Waals surface area contributed by atoms with E-state index in [1.54, 1.807) is 0 Å². The molecule has 3 heteroatoms.